The smallest absolute Gasteiger partial charge is 0.152 e. The molecule has 15 heavy (non-hydrogen) atoms. The quantitative estimate of drug-likeness (QED) is 0.757. The normalized spacial score (nSPS) is 11.9. The second kappa shape index (κ2) is 5.27. The average molecular weight is 231 g/mol. The summed E-state index contributed by atoms with van der Waals surface area (Å²) in [6, 6.07) is 0. The van der Waals surface area contributed by atoms with E-state index in [1.165, 1.54) is 0 Å². The summed E-state index contributed by atoms with van der Waals surface area (Å²) in [7, 11) is -2.92. The summed E-state index contributed by atoms with van der Waals surface area (Å²) in [5.41, 5.74) is 6.34. The van der Waals surface area contributed by atoms with Crippen molar-refractivity contribution in [3.05, 3.63) is 18.0 Å². The van der Waals surface area contributed by atoms with Gasteiger partial charge < -0.3 is 5.73 Å². The Morgan fingerprint density at radius 1 is 1.47 bits per heavy atom. The molecule has 0 aliphatic heterocycles. The number of sulfone groups is 1. The predicted octanol–water partition coefficient (Wildman–Crippen LogP) is 0.167. The molecule has 2 N–H and O–H groups in total. The molecule has 0 fully saturated rings. The molecule has 0 atom stereocenters. The van der Waals surface area contributed by atoms with Crippen molar-refractivity contribution in [2.45, 2.75) is 26.4 Å². The first kappa shape index (κ1) is 12.2. The van der Waals surface area contributed by atoms with E-state index >= 15 is 0 Å². The highest BCUT2D eigenvalue weighted by atomic mass is 32.2. The van der Waals surface area contributed by atoms with E-state index in [-0.39, 0.29) is 11.5 Å². The van der Waals surface area contributed by atoms with Crippen LogP contribution >= 0.6 is 0 Å². The van der Waals surface area contributed by atoms with E-state index in [0.717, 1.165) is 5.56 Å². The van der Waals surface area contributed by atoms with Gasteiger partial charge in [0.2, 0.25) is 0 Å². The van der Waals surface area contributed by atoms with Crippen LogP contribution in [0.15, 0.2) is 12.4 Å². The van der Waals surface area contributed by atoms with E-state index in [2.05, 4.69) is 5.10 Å². The van der Waals surface area contributed by atoms with Gasteiger partial charge in [0.05, 0.1) is 18.5 Å². The Morgan fingerprint density at radius 2 is 2.20 bits per heavy atom. The zero-order valence-electron chi connectivity index (χ0n) is 8.89. The van der Waals surface area contributed by atoms with Gasteiger partial charge in [-0.05, 0) is 6.42 Å². The minimum atomic E-state index is -2.92. The van der Waals surface area contributed by atoms with Gasteiger partial charge >= 0.3 is 0 Å². The highest BCUT2D eigenvalue weighted by Gasteiger charge is 2.09. The van der Waals surface area contributed by atoms with Gasteiger partial charge in [-0.3, -0.25) is 4.68 Å². The highest BCUT2D eigenvalue weighted by Crippen LogP contribution is 1.99. The van der Waals surface area contributed by atoms with Gasteiger partial charge in [-0.1, -0.05) is 6.92 Å². The van der Waals surface area contributed by atoms with Crippen LogP contribution in [0.3, 0.4) is 0 Å². The molecule has 0 radical (unpaired) electrons. The lowest BCUT2D eigenvalue weighted by atomic mass is 10.4. The van der Waals surface area contributed by atoms with Gasteiger partial charge in [0.1, 0.15) is 0 Å². The lowest BCUT2D eigenvalue weighted by molar-refractivity contribution is 0.579. The molecule has 1 aromatic heterocycles. The van der Waals surface area contributed by atoms with E-state index in [0.29, 0.717) is 19.5 Å². The van der Waals surface area contributed by atoms with Crippen LogP contribution in [0.4, 0.5) is 0 Å². The third-order valence-corrected chi connectivity index (χ3v) is 3.90. The molecule has 0 saturated carbocycles. The van der Waals surface area contributed by atoms with Crippen molar-refractivity contribution < 1.29 is 8.42 Å². The molecule has 86 valence electrons. The summed E-state index contributed by atoms with van der Waals surface area (Å²) in [5.74, 6) is 0.393. The summed E-state index contributed by atoms with van der Waals surface area (Å²) in [4.78, 5) is 0. The Hall–Kier alpha value is -0.880. The number of hydrogen-bond donors (Lipinski definition) is 1. The summed E-state index contributed by atoms with van der Waals surface area (Å²) >= 11 is 0. The molecule has 6 heteroatoms. The summed E-state index contributed by atoms with van der Waals surface area (Å²) in [6.07, 6.45) is 4.10. The van der Waals surface area contributed by atoms with Gasteiger partial charge in [0, 0.05) is 24.1 Å². The molecule has 1 rings (SSSR count). The van der Waals surface area contributed by atoms with Crippen molar-refractivity contribution in [3.63, 3.8) is 0 Å². The fourth-order valence-corrected chi connectivity index (χ4v) is 2.57. The van der Waals surface area contributed by atoms with E-state index in [4.69, 9.17) is 5.73 Å². The van der Waals surface area contributed by atoms with E-state index in [9.17, 15) is 8.42 Å². The molecule has 1 heterocycles. The van der Waals surface area contributed by atoms with Crippen LogP contribution < -0.4 is 5.73 Å². The van der Waals surface area contributed by atoms with E-state index in [1.54, 1.807) is 17.1 Å². The van der Waals surface area contributed by atoms with Crippen LogP contribution in [0.1, 0.15) is 18.9 Å². The van der Waals surface area contributed by atoms with E-state index < -0.39 is 9.84 Å². The van der Waals surface area contributed by atoms with Crippen molar-refractivity contribution in [2.75, 3.05) is 11.5 Å². The molecule has 0 unspecified atom stereocenters. The maximum absolute atomic E-state index is 11.4. The van der Waals surface area contributed by atoms with E-state index in [1.807, 2.05) is 6.92 Å². The van der Waals surface area contributed by atoms with Crippen LogP contribution in [-0.2, 0) is 22.9 Å². The molecule has 0 amide bonds. The fraction of sp³-hybridized carbons (Fsp3) is 0.667. The van der Waals surface area contributed by atoms with Crippen molar-refractivity contribution in [3.8, 4) is 0 Å². The Labute approximate surface area is 90.2 Å². The Balaban J connectivity index is 2.50. The molecule has 0 spiro atoms. The van der Waals surface area contributed by atoms with Crippen molar-refractivity contribution in [1.82, 2.24) is 9.78 Å². The van der Waals surface area contributed by atoms with Crippen LogP contribution in [0.5, 0.6) is 0 Å². The minimum Gasteiger partial charge on any atom is -0.326 e. The number of aryl methyl sites for hydroxylation is 1. The predicted molar refractivity (Wildman–Crippen MR) is 59.1 cm³/mol. The SMILES string of the molecule is CCCS(=O)(=O)CCn1cc(CN)cn1. The van der Waals surface area contributed by atoms with Crippen molar-refractivity contribution in [1.29, 1.82) is 0 Å². The first-order valence-electron chi connectivity index (χ1n) is 4.99. The zero-order valence-corrected chi connectivity index (χ0v) is 9.70. The van der Waals surface area contributed by atoms with Gasteiger partial charge in [-0.15, -0.1) is 0 Å². The number of hydrogen-bond acceptors (Lipinski definition) is 4. The molecule has 5 nitrogen and oxygen atoms in total. The molecule has 0 aliphatic carbocycles. The summed E-state index contributed by atoms with van der Waals surface area (Å²) < 4.78 is 24.4. The lowest BCUT2D eigenvalue weighted by Gasteiger charge is -2.02. The summed E-state index contributed by atoms with van der Waals surface area (Å²) in [5, 5.41) is 4.02. The van der Waals surface area contributed by atoms with Gasteiger partial charge in [-0.2, -0.15) is 5.10 Å². The maximum Gasteiger partial charge on any atom is 0.152 e. The second-order valence-corrected chi connectivity index (χ2v) is 5.77. The fourth-order valence-electron chi connectivity index (χ4n) is 1.28. The zero-order chi connectivity index (χ0) is 11.3. The summed E-state index contributed by atoms with van der Waals surface area (Å²) in [6.45, 7) is 2.70. The Kier molecular flexibility index (Phi) is 4.28. The molecule has 0 aliphatic rings. The third kappa shape index (κ3) is 4.01. The monoisotopic (exact) mass is 231 g/mol. The first-order chi connectivity index (χ1) is 7.07. The number of nitrogens with two attached hydrogens (primary N) is 1. The van der Waals surface area contributed by atoms with Gasteiger partial charge in [-0.25, -0.2) is 8.42 Å². The average Bonchev–Trinajstić information content (AvgIpc) is 2.62. The Bertz CT molecular complexity index is 397. The lowest BCUT2D eigenvalue weighted by Crippen LogP contribution is -2.16. The molecule has 0 aromatic carbocycles. The topological polar surface area (TPSA) is 78.0 Å². The highest BCUT2D eigenvalue weighted by molar-refractivity contribution is 7.91. The molecular formula is C9H17N3O2S. The van der Waals surface area contributed by atoms with Crippen molar-refractivity contribution >= 4 is 9.84 Å². The number of aromatic nitrogens is 2. The second-order valence-electron chi connectivity index (χ2n) is 3.47. The number of nitrogens with zero attached hydrogens (tertiary/aromatic N) is 2. The van der Waals surface area contributed by atoms with Gasteiger partial charge in [0.15, 0.2) is 9.84 Å². The third-order valence-electron chi connectivity index (χ3n) is 2.07. The van der Waals surface area contributed by atoms with Gasteiger partial charge in [0.25, 0.3) is 0 Å². The minimum absolute atomic E-state index is 0.145. The largest absolute Gasteiger partial charge is 0.326 e. The standard InChI is InChI=1S/C9H17N3O2S/c1-2-4-15(13,14)5-3-12-8-9(6-10)7-11-12/h7-8H,2-6,10H2,1H3. The molecular weight excluding hydrogens is 214 g/mol. The van der Waals surface area contributed by atoms with Crippen LogP contribution in [0.2, 0.25) is 0 Å². The molecule has 0 bridgehead atoms. The number of rotatable bonds is 6. The Morgan fingerprint density at radius 3 is 2.73 bits per heavy atom. The van der Waals surface area contributed by atoms with Crippen LogP contribution in [0, 0.1) is 0 Å². The van der Waals surface area contributed by atoms with Crippen LogP contribution in [-0.4, -0.2) is 29.7 Å². The molecule has 0 saturated heterocycles. The van der Waals surface area contributed by atoms with Crippen molar-refractivity contribution in [2.24, 2.45) is 5.73 Å². The van der Waals surface area contributed by atoms with Crippen LogP contribution in [0.25, 0.3) is 0 Å². The molecule has 1 aromatic rings. The maximum atomic E-state index is 11.4. The first-order valence-corrected chi connectivity index (χ1v) is 6.81.